The predicted octanol–water partition coefficient (Wildman–Crippen LogP) is 2.98. The lowest BCUT2D eigenvalue weighted by Gasteiger charge is -2.10. The van der Waals surface area contributed by atoms with Gasteiger partial charge in [-0.15, -0.1) is 0 Å². The van der Waals surface area contributed by atoms with Crippen LogP contribution in [0.1, 0.15) is 16.8 Å². The second-order valence-corrected chi connectivity index (χ2v) is 5.70. The van der Waals surface area contributed by atoms with Gasteiger partial charge in [-0.2, -0.15) is 5.10 Å². The van der Waals surface area contributed by atoms with Crippen molar-refractivity contribution >= 4 is 15.9 Å². The Labute approximate surface area is 128 Å². The van der Waals surface area contributed by atoms with E-state index >= 15 is 0 Å². The quantitative estimate of drug-likeness (QED) is 0.932. The van der Waals surface area contributed by atoms with Crippen LogP contribution in [0.4, 0.5) is 0 Å². The summed E-state index contributed by atoms with van der Waals surface area (Å²) in [6, 6.07) is 4.17. The summed E-state index contributed by atoms with van der Waals surface area (Å²) >= 11 is 3.65. The van der Waals surface area contributed by atoms with Crippen LogP contribution < -0.4 is 10.5 Å². The largest absolute Gasteiger partial charge is 0.496 e. The van der Waals surface area contributed by atoms with Crippen molar-refractivity contribution in [3.8, 4) is 17.0 Å². The molecule has 20 heavy (non-hydrogen) atoms. The number of aromatic nitrogens is 2. The molecule has 108 valence electrons. The SMILES string of the molecule is COc1cc(C)c(C)cc1-c1nn(C)c(CCN)c1Br. The first kappa shape index (κ1) is 15.1. The highest BCUT2D eigenvalue weighted by Gasteiger charge is 2.18. The highest BCUT2D eigenvalue weighted by Crippen LogP contribution is 2.37. The van der Waals surface area contributed by atoms with Crippen LogP contribution >= 0.6 is 15.9 Å². The Morgan fingerprint density at radius 3 is 2.55 bits per heavy atom. The van der Waals surface area contributed by atoms with E-state index in [1.54, 1.807) is 7.11 Å². The topological polar surface area (TPSA) is 53.1 Å². The fourth-order valence-corrected chi connectivity index (χ4v) is 3.00. The Morgan fingerprint density at radius 2 is 1.95 bits per heavy atom. The lowest BCUT2D eigenvalue weighted by Crippen LogP contribution is -2.07. The van der Waals surface area contributed by atoms with E-state index in [9.17, 15) is 0 Å². The fourth-order valence-electron chi connectivity index (χ4n) is 2.26. The fraction of sp³-hybridized carbons (Fsp3) is 0.400. The maximum atomic E-state index is 5.66. The van der Waals surface area contributed by atoms with E-state index in [0.29, 0.717) is 6.54 Å². The predicted molar refractivity (Wildman–Crippen MR) is 85.1 cm³/mol. The van der Waals surface area contributed by atoms with Gasteiger partial charge in [0.1, 0.15) is 11.4 Å². The molecule has 0 aliphatic carbocycles. The van der Waals surface area contributed by atoms with Crippen LogP contribution in [-0.2, 0) is 13.5 Å². The van der Waals surface area contributed by atoms with Crippen LogP contribution in [0.3, 0.4) is 0 Å². The number of aryl methyl sites for hydroxylation is 3. The Morgan fingerprint density at radius 1 is 1.30 bits per heavy atom. The van der Waals surface area contributed by atoms with Crippen molar-refractivity contribution < 1.29 is 4.74 Å². The van der Waals surface area contributed by atoms with Gasteiger partial charge < -0.3 is 10.5 Å². The first-order chi connectivity index (χ1) is 9.49. The summed E-state index contributed by atoms with van der Waals surface area (Å²) in [4.78, 5) is 0. The minimum atomic E-state index is 0.599. The summed E-state index contributed by atoms with van der Waals surface area (Å²) in [5.74, 6) is 0.839. The molecule has 0 spiro atoms. The Hall–Kier alpha value is -1.33. The summed E-state index contributed by atoms with van der Waals surface area (Å²) in [6.45, 7) is 4.77. The monoisotopic (exact) mass is 337 g/mol. The smallest absolute Gasteiger partial charge is 0.128 e. The lowest BCUT2D eigenvalue weighted by atomic mass is 10.0. The van der Waals surface area contributed by atoms with Crippen molar-refractivity contribution in [1.82, 2.24) is 9.78 Å². The summed E-state index contributed by atoms with van der Waals surface area (Å²) in [7, 11) is 3.62. The summed E-state index contributed by atoms with van der Waals surface area (Å²) < 4.78 is 8.37. The van der Waals surface area contributed by atoms with Gasteiger partial charge in [0.2, 0.25) is 0 Å². The zero-order chi connectivity index (χ0) is 14.9. The molecule has 5 heteroatoms. The normalized spacial score (nSPS) is 10.9. The van der Waals surface area contributed by atoms with Gasteiger partial charge in [-0.05, 0) is 59.6 Å². The molecule has 0 aliphatic heterocycles. The third-order valence-electron chi connectivity index (χ3n) is 3.55. The Kier molecular flexibility index (Phi) is 4.50. The molecule has 0 amide bonds. The molecule has 1 aromatic heterocycles. The number of methoxy groups -OCH3 is 1. The number of nitrogens with two attached hydrogens (primary N) is 1. The molecule has 0 aliphatic rings. The third-order valence-corrected chi connectivity index (χ3v) is 4.39. The number of hydrogen-bond acceptors (Lipinski definition) is 3. The standard InChI is InChI=1S/C15H20BrN3O/c1-9-7-11(13(20-4)8-10(9)2)15-14(16)12(5-6-17)19(3)18-15/h7-8H,5-6,17H2,1-4H3. The minimum absolute atomic E-state index is 0.599. The molecule has 0 fully saturated rings. The van der Waals surface area contributed by atoms with E-state index in [4.69, 9.17) is 10.5 Å². The van der Waals surface area contributed by atoms with Crippen molar-refractivity contribution in [1.29, 1.82) is 0 Å². The molecule has 0 bridgehead atoms. The molecule has 1 heterocycles. The second kappa shape index (κ2) is 5.97. The van der Waals surface area contributed by atoms with Gasteiger partial charge in [-0.3, -0.25) is 4.68 Å². The van der Waals surface area contributed by atoms with E-state index in [1.807, 2.05) is 17.8 Å². The molecule has 2 N–H and O–H groups in total. The van der Waals surface area contributed by atoms with Gasteiger partial charge in [-0.1, -0.05) is 0 Å². The maximum Gasteiger partial charge on any atom is 0.128 e. The van der Waals surface area contributed by atoms with Crippen molar-refractivity contribution in [3.63, 3.8) is 0 Å². The van der Waals surface area contributed by atoms with Gasteiger partial charge in [0.05, 0.1) is 17.3 Å². The van der Waals surface area contributed by atoms with Crippen molar-refractivity contribution in [2.24, 2.45) is 12.8 Å². The van der Waals surface area contributed by atoms with Crippen molar-refractivity contribution in [2.45, 2.75) is 20.3 Å². The van der Waals surface area contributed by atoms with Crippen LogP contribution in [0.2, 0.25) is 0 Å². The number of rotatable bonds is 4. The van der Waals surface area contributed by atoms with Crippen molar-refractivity contribution in [2.75, 3.05) is 13.7 Å². The molecule has 0 unspecified atom stereocenters. The first-order valence-electron chi connectivity index (χ1n) is 6.56. The van der Waals surface area contributed by atoms with Crippen LogP contribution in [0.15, 0.2) is 16.6 Å². The molecule has 0 saturated heterocycles. The van der Waals surface area contributed by atoms with Crippen LogP contribution in [0.25, 0.3) is 11.3 Å². The van der Waals surface area contributed by atoms with E-state index in [2.05, 4.69) is 40.9 Å². The van der Waals surface area contributed by atoms with Crippen LogP contribution in [-0.4, -0.2) is 23.4 Å². The Bertz CT molecular complexity index is 635. The van der Waals surface area contributed by atoms with Crippen molar-refractivity contribution in [3.05, 3.63) is 33.4 Å². The molecule has 0 saturated carbocycles. The Balaban J connectivity index is 2.62. The van der Waals surface area contributed by atoms with Crippen LogP contribution in [0.5, 0.6) is 5.75 Å². The van der Waals surface area contributed by atoms with Crippen LogP contribution in [0, 0.1) is 13.8 Å². The van der Waals surface area contributed by atoms with Gasteiger partial charge in [0.25, 0.3) is 0 Å². The van der Waals surface area contributed by atoms with Gasteiger partial charge >= 0.3 is 0 Å². The maximum absolute atomic E-state index is 5.66. The average Bonchev–Trinajstić information content (AvgIpc) is 2.69. The number of nitrogens with zero attached hydrogens (tertiary/aromatic N) is 2. The number of benzene rings is 1. The number of ether oxygens (including phenoxy) is 1. The highest BCUT2D eigenvalue weighted by molar-refractivity contribution is 9.10. The van der Waals surface area contributed by atoms with E-state index in [1.165, 1.54) is 11.1 Å². The van der Waals surface area contributed by atoms with E-state index in [0.717, 1.165) is 33.6 Å². The molecule has 2 aromatic rings. The summed E-state index contributed by atoms with van der Waals surface area (Å²) in [6.07, 6.45) is 0.789. The number of hydrogen-bond donors (Lipinski definition) is 1. The average molecular weight is 338 g/mol. The van der Waals surface area contributed by atoms with Gasteiger partial charge in [0, 0.05) is 19.0 Å². The summed E-state index contributed by atoms with van der Waals surface area (Å²) in [5, 5.41) is 4.61. The molecular formula is C15H20BrN3O. The molecule has 0 atom stereocenters. The highest BCUT2D eigenvalue weighted by atomic mass is 79.9. The zero-order valence-corrected chi connectivity index (χ0v) is 13.9. The molecule has 1 aromatic carbocycles. The number of halogens is 1. The zero-order valence-electron chi connectivity index (χ0n) is 12.3. The van der Waals surface area contributed by atoms with Gasteiger partial charge in [0.15, 0.2) is 0 Å². The third kappa shape index (κ3) is 2.60. The minimum Gasteiger partial charge on any atom is -0.496 e. The lowest BCUT2D eigenvalue weighted by molar-refractivity contribution is 0.416. The molecular weight excluding hydrogens is 318 g/mol. The molecule has 2 rings (SSSR count). The summed E-state index contributed by atoms with van der Waals surface area (Å²) in [5.41, 5.74) is 11.1. The molecule has 4 nitrogen and oxygen atoms in total. The molecule has 0 radical (unpaired) electrons. The van der Waals surface area contributed by atoms with Gasteiger partial charge in [-0.25, -0.2) is 0 Å². The van der Waals surface area contributed by atoms with E-state index < -0.39 is 0 Å². The van der Waals surface area contributed by atoms with E-state index in [-0.39, 0.29) is 0 Å². The second-order valence-electron chi connectivity index (χ2n) is 4.91. The first-order valence-corrected chi connectivity index (χ1v) is 7.36.